The van der Waals surface area contributed by atoms with Gasteiger partial charge in [0.2, 0.25) is 0 Å². The van der Waals surface area contributed by atoms with E-state index in [0.29, 0.717) is 10.8 Å². The Bertz CT molecular complexity index is 636. The summed E-state index contributed by atoms with van der Waals surface area (Å²) in [5.41, 5.74) is 4.42. The Morgan fingerprint density at radius 1 is 1.00 bits per heavy atom. The summed E-state index contributed by atoms with van der Waals surface area (Å²) < 4.78 is 0. The van der Waals surface area contributed by atoms with E-state index in [1.807, 2.05) is 0 Å². The molecular weight excluding hydrogens is 336 g/mol. The average Bonchev–Trinajstić information content (AvgIpc) is 2.99. The molecule has 0 amide bonds. The van der Waals surface area contributed by atoms with Crippen LogP contribution in [0.1, 0.15) is 106 Å². The summed E-state index contributed by atoms with van der Waals surface area (Å²) in [7, 11) is 0. The van der Waals surface area contributed by atoms with Gasteiger partial charge < -0.3 is 0 Å². The van der Waals surface area contributed by atoms with Gasteiger partial charge in [-0.15, -0.1) is 0 Å². The van der Waals surface area contributed by atoms with Crippen LogP contribution in [-0.4, -0.2) is 0 Å². The summed E-state index contributed by atoms with van der Waals surface area (Å²) in [5, 5.41) is 0. The number of hydrogen-bond donors (Lipinski definition) is 0. The molecule has 0 saturated heterocycles. The largest absolute Gasteiger partial charge is 0.0805 e. The zero-order chi connectivity index (χ0) is 20.1. The van der Waals surface area contributed by atoms with Crippen molar-refractivity contribution in [3.8, 4) is 0 Å². The van der Waals surface area contributed by atoms with Crippen LogP contribution in [0.25, 0.3) is 0 Å². The highest BCUT2D eigenvalue weighted by atomic mass is 14.6. The molecule has 4 aliphatic rings. The van der Waals surface area contributed by atoms with Gasteiger partial charge in [0.15, 0.2) is 0 Å². The molecule has 7 atom stereocenters. The summed E-state index contributed by atoms with van der Waals surface area (Å²) >= 11 is 0. The zero-order valence-corrected chi connectivity index (χ0v) is 19.7. The second kappa shape index (κ2) is 7.63. The molecule has 0 aromatic heterocycles. The van der Waals surface area contributed by atoms with Crippen LogP contribution in [0.3, 0.4) is 0 Å². The van der Waals surface area contributed by atoms with Gasteiger partial charge in [-0.2, -0.15) is 0 Å². The fraction of sp³-hybridized carbons (Fsp3) is 0.857. The van der Waals surface area contributed by atoms with Gasteiger partial charge >= 0.3 is 0 Å². The second-order valence-corrected chi connectivity index (χ2v) is 12.2. The van der Waals surface area contributed by atoms with Gasteiger partial charge in [-0.3, -0.25) is 0 Å². The number of allylic oxidation sites excluding steroid dienone is 4. The number of hydrogen-bond acceptors (Lipinski definition) is 0. The van der Waals surface area contributed by atoms with Crippen LogP contribution in [0.15, 0.2) is 23.3 Å². The summed E-state index contributed by atoms with van der Waals surface area (Å²) in [5.74, 6) is 5.68. The Balaban J connectivity index is 1.51. The zero-order valence-electron chi connectivity index (χ0n) is 19.7. The van der Waals surface area contributed by atoms with Crippen molar-refractivity contribution >= 4 is 0 Å². The SMILES string of the molecule is CC1=CC2=CC[C@H]3[C@@H]4CC[C@H]([C@H](C)CCCC(C)C)[C@@]4(C)CC[C@@H]3[C@@]2(C)CC1. The molecule has 0 radical (unpaired) electrons. The minimum absolute atomic E-state index is 0.477. The summed E-state index contributed by atoms with van der Waals surface area (Å²) in [4.78, 5) is 0. The number of fused-ring (bicyclic) bond motifs is 5. The fourth-order valence-electron chi connectivity index (χ4n) is 8.49. The molecule has 0 nitrogen and oxygen atoms in total. The molecule has 0 aromatic carbocycles. The lowest BCUT2D eigenvalue weighted by Crippen LogP contribution is -2.49. The molecule has 4 aliphatic carbocycles. The molecule has 2 fully saturated rings. The van der Waals surface area contributed by atoms with E-state index in [9.17, 15) is 0 Å². The molecule has 0 unspecified atom stereocenters. The molecule has 0 heteroatoms. The average molecular weight is 383 g/mol. The lowest BCUT2D eigenvalue weighted by Gasteiger charge is -2.57. The van der Waals surface area contributed by atoms with Crippen LogP contribution in [-0.2, 0) is 0 Å². The monoisotopic (exact) mass is 382 g/mol. The van der Waals surface area contributed by atoms with Crippen LogP contribution >= 0.6 is 0 Å². The molecule has 28 heavy (non-hydrogen) atoms. The molecule has 0 N–H and O–H groups in total. The van der Waals surface area contributed by atoms with Gasteiger partial charge in [-0.1, -0.05) is 71.6 Å². The van der Waals surface area contributed by atoms with Crippen molar-refractivity contribution in [1.82, 2.24) is 0 Å². The maximum Gasteiger partial charge on any atom is -0.00443 e. The van der Waals surface area contributed by atoms with E-state index in [2.05, 4.69) is 53.7 Å². The standard InChI is InChI=1S/C28H46/c1-19(2)8-7-9-21(4)24-12-13-25-23-11-10-22-18-20(3)14-16-27(22,5)26(23)15-17-28(24,25)6/h10,18-19,21,23-26H,7-9,11-17H2,1-6H3/t21-,23+,24-,25+,26+,27+,28-/m1/s1. The second-order valence-electron chi connectivity index (χ2n) is 12.2. The van der Waals surface area contributed by atoms with E-state index in [4.69, 9.17) is 0 Å². The van der Waals surface area contributed by atoms with E-state index in [1.54, 1.807) is 11.1 Å². The van der Waals surface area contributed by atoms with Crippen molar-refractivity contribution in [2.45, 2.75) is 106 Å². The molecule has 0 bridgehead atoms. The Hall–Kier alpha value is -0.520. The maximum absolute atomic E-state index is 2.72. The topological polar surface area (TPSA) is 0 Å². The van der Waals surface area contributed by atoms with E-state index in [0.717, 1.165) is 35.5 Å². The van der Waals surface area contributed by atoms with Gasteiger partial charge in [0.1, 0.15) is 0 Å². The Labute approximate surface area is 175 Å². The van der Waals surface area contributed by atoms with Crippen LogP contribution in [0.5, 0.6) is 0 Å². The quantitative estimate of drug-likeness (QED) is 0.446. The summed E-state index contributed by atoms with van der Waals surface area (Å²) in [6.45, 7) is 15.0. The van der Waals surface area contributed by atoms with Crippen molar-refractivity contribution in [3.05, 3.63) is 23.3 Å². The predicted octanol–water partition coefficient (Wildman–Crippen LogP) is 8.58. The number of rotatable bonds is 5. The molecule has 0 aromatic rings. The molecular formula is C28H46. The first-order valence-electron chi connectivity index (χ1n) is 12.6. The van der Waals surface area contributed by atoms with Crippen molar-refractivity contribution in [2.75, 3.05) is 0 Å². The van der Waals surface area contributed by atoms with Crippen molar-refractivity contribution in [2.24, 2.45) is 46.3 Å². The minimum atomic E-state index is 0.477. The first-order chi connectivity index (χ1) is 13.3. The van der Waals surface area contributed by atoms with E-state index in [1.165, 1.54) is 64.2 Å². The molecule has 0 spiro atoms. The summed E-state index contributed by atoms with van der Waals surface area (Å²) in [6, 6.07) is 0. The van der Waals surface area contributed by atoms with Gasteiger partial charge in [0.05, 0.1) is 0 Å². The maximum atomic E-state index is 2.72. The third-order valence-electron chi connectivity index (χ3n) is 10.2. The van der Waals surface area contributed by atoms with Crippen LogP contribution in [0.2, 0.25) is 0 Å². The van der Waals surface area contributed by atoms with E-state index < -0.39 is 0 Å². The highest BCUT2D eigenvalue weighted by Gasteiger charge is 2.58. The minimum Gasteiger partial charge on any atom is -0.0805 e. The van der Waals surface area contributed by atoms with Gasteiger partial charge in [-0.25, -0.2) is 0 Å². The first-order valence-corrected chi connectivity index (χ1v) is 12.6. The Morgan fingerprint density at radius 2 is 1.79 bits per heavy atom. The smallest absolute Gasteiger partial charge is 0.00443 e. The molecule has 158 valence electrons. The normalized spacial score (nSPS) is 43.7. The van der Waals surface area contributed by atoms with E-state index >= 15 is 0 Å². The molecule has 0 heterocycles. The summed E-state index contributed by atoms with van der Waals surface area (Å²) in [6.07, 6.45) is 19.7. The first kappa shape index (κ1) is 20.7. The van der Waals surface area contributed by atoms with Crippen LogP contribution < -0.4 is 0 Å². The van der Waals surface area contributed by atoms with Crippen molar-refractivity contribution < 1.29 is 0 Å². The Kier molecular flexibility index (Phi) is 5.65. The highest BCUT2D eigenvalue weighted by Crippen LogP contribution is 2.67. The third kappa shape index (κ3) is 3.35. The molecule has 0 aliphatic heterocycles. The fourth-order valence-corrected chi connectivity index (χ4v) is 8.49. The lowest BCUT2D eigenvalue weighted by molar-refractivity contribution is -0.0454. The molecule has 2 saturated carbocycles. The van der Waals surface area contributed by atoms with Gasteiger partial charge in [0.25, 0.3) is 0 Å². The highest BCUT2D eigenvalue weighted by molar-refractivity contribution is 5.36. The predicted molar refractivity (Wildman–Crippen MR) is 122 cm³/mol. The Morgan fingerprint density at radius 3 is 2.54 bits per heavy atom. The van der Waals surface area contributed by atoms with Crippen LogP contribution in [0.4, 0.5) is 0 Å². The lowest BCUT2D eigenvalue weighted by atomic mass is 9.47. The van der Waals surface area contributed by atoms with E-state index in [-0.39, 0.29) is 0 Å². The third-order valence-corrected chi connectivity index (χ3v) is 10.2. The molecule has 4 rings (SSSR count). The van der Waals surface area contributed by atoms with Crippen LogP contribution in [0, 0.1) is 46.3 Å². The van der Waals surface area contributed by atoms with Gasteiger partial charge in [-0.05, 0) is 104 Å². The van der Waals surface area contributed by atoms with Gasteiger partial charge in [0, 0.05) is 0 Å². The van der Waals surface area contributed by atoms with Crippen molar-refractivity contribution in [1.29, 1.82) is 0 Å². The van der Waals surface area contributed by atoms with Crippen molar-refractivity contribution in [3.63, 3.8) is 0 Å².